The number of aliphatic hydroxyl groups is 2. The summed E-state index contributed by atoms with van der Waals surface area (Å²) in [4.78, 5) is 0. The zero-order valence-corrected chi connectivity index (χ0v) is 10.8. The second-order valence-corrected chi connectivity index (χ2v) is 6.51. The maximum absolute atomic E-state index is 11.3. The summed E-state index contributed by atoms with van der Waals surface area (Å²) in [5.74, 6) is -0.217. The highest BCUT2D eigenvalue weighted by Crippen LogP contribution is 2.35. The molecule has 1 aliphatic rings. The van der Waals surface area contributed by atoms with E-state index >= 15 is 0 Å². The molecular formula is C12H17NO4S. The third kappa shape index (κ3) is 2.89. The molecule has 0 amide bonds. The van der Waals surface area contributed by atoms with Gasteiger partial charge in [-0.1, -0.05) is 30.3 Å². The lowest BCUT2D eigenvalue weighted by Crippen LogP contribution is -2.44. The number of nitrogens with one attached hydrogen (secondary N) is 1. The van der Waals surface area contributed by atoms with Gasteiger partial charge in [0.1, 0.15) is 0 Å². The Bertz CT molecular complexity index is 502. The van der Waals surface area contributed by atoms with E-state index in [1.54, 1.807) is 0 Å². The van der Waals surface area contributed by atoms with Gasteiger partial charge in [0.05, 0.1) is 24.5 Å². The van der Waals surface area contributed by atoms with E-state index in [2.05, 4.69) is 4.72 Å². The van der Waals surface area contributed by atoms with Crippen LogP contribution in [0.1, 0.15) is 17.9 Å². The Hall–Kier alpha value is -0.950. The lowest BCUT2D eigenvalue weighted by atomic mass is 9.94. The molecule has 0 heterocycles. The Kier molecular flexibility index (Phi) is 3.72. The molecule has 2 rings (SSSR count). The molecule has 0 spiro atoms. The molecule has 0 aliphatic heterocycles. The smallest absolute Gasteiger partial charge is 0.209 e. The van der Waals surface area contributed by atoms with E-state index in [0.29, 0.717) is 6.42 Å². The van der Waals surface area contributed by atoms with E-state index in [0.717, 1.165) is 11.8 Å². The molecule has 1 fully saturated rings. The van der Waals surface area contributed by atoms with Gasteiger partial charge in [-0.2, -0.15) is 0 Å². The fourth-order valence-corrected chi connectivity index (χ4v) is 3.26. The van der Waals surface area contributed by atoms with Crippen LogP contribution in [0.15, 0.2) is 30.3 Å². The summed E-state index contributed by atoms with van der Waals surface area (Å²) < 4.78 is 25.0. The molecule has 3 N–H and O–H groups in total. The molecule has 1 aromatic carbocycles. The standard InChI is InChI=1S/C12H17NO4S/c1-18(16,17)13-11-9(7-10(14)12(11)15)8-5-3-2-4-6-8/h2-6,9-15H,7H2,1H3. The first-order valence-corrected chi connectivity index (χ1v) is 7.66. The van der Waals surface area contributed by atoms with Crippen LogP contribution >= 0.6 is 0 Å². The molecule has 5 nitrogen and oxygen atoms in total. The fourth-order valence-electron chi connectivity index (χ4n) is 2.47. The normalized spacial score (nSPS) is 32.6. The summed E-state index contributed by atoms with van der Waals surface area (Å²) in [6.07, 6.45) is -0.593. The summed E-state index contributed by atoms with van der Waals surface area (Å²) in [6.45, 7) is 0. The number of rotatable bonds is 3. The van der Waals surface area contributed by atoms with Gasteiger partial charge >= 0.3 is 0 Å². The van der Waals surface area contributed by atoms with Gasteiger partial charge in [-0.25, -0.2) is 13.1 Å². The van der Waals surface area contributed by atoms with Crippen molar-refractivity contribution in [1.29, 1.82) is 0 Å². The second kappa shape index (κ2) is 4.97. The molecule has 6 heteroatoms. The summed E-state index contributed by atoms with van der Waals surface area (Å²) in [7, 11) is -3.43. The first-order chi connectivity index (χ1) is 8.38. The second-order valence-electron chi connectivity index (χ2n) is 4.73. The lowest BCUT2D eigenvalue weighted by molar-refractivity contribution is 0.0338. The monoisotopic (exact) mass is 271 g/mol. The van der Waals surface area contributed by atoms with Gasteiger partial charge < -0.3 is 10.2 Å². The van der Waals surface area contributed by atoms with Crippen LogP contribution in [0.3, 0.4) is 0 Å². The molecule has 4 unspecified atom stereocenters. The highest BCUT2D eigenvalue weighted by molar-refractivity contribution is 7.88. The largest absolute Gasteiger partial charge is 0.390 e. The SMILES string of the molecule is CS(=O)(=O)NC1C(c2ccccc2)CC(O)C1O. The average molecular weight is 271 g/mol. The zero-order chi connectivity index (χ0) is 13.3. The Morgan fingerprint density at radius 1 is 1.22 bits per heavy atom. The van der Waals surface area contributed by atoms with E-state index in [1.165, 1.54) is 0 Å². The highest BCUT2D eigenvalue weighted by Gasteiger charge is 2.43. The van der Waals surface area contributed by atoms with Crippen LogP contribution in [-0.4, -0.2) is 43.1 Å². The first kappa shape index (κ1) is 13.5. The van der Waals surface area contributed by atoms with Crippen molar-refractivity contribution in [3.8, 4) is 0 Å². The predicted octanol–water partition coefficient (Wildman–Crippen LogP) is -0.187. The van der Waals surface area contributed by atoms with Crippen molar-refractivity contribution < 1.29 is 18.6 Å². The van der Waals surface area contributed by atoms with E-state index in [9.17, 15) is 18.6 Å². The minimum atomic E-state index is -3.43. The number of sulfonamides is 1. The minimum absolute atomic E-state index is 0.217. The quantitative estimate of drug-likeness (QED) is 0.711. The van der Waals surface area contributed by atoms with E-state index in [1.807, 2.05) is 30.3 Å². The third-order valence-electron chi connectivity index (χ3n) is 3.27. The molecule has 18 heavy (non-hydrogen) atoms. The van der Waals surface area contributed by atoms with Crippen LogP contribution in [0.25, 0.3) is 0 Å². The molecule has 4 atom stereocenters. The molecular weight excluding hydrogens is 254 g/mol. The van der Waals surface area contributed by atoms with Gasteiger partial charge in [-0.3, -0.25) is 0 Å². The topological polar surface area (TPSA) is 86.6 Å². The maximum Gasteiger partial charge on any atom is 0.209 e. The van der Waals surface area contributed by atoms with Crippen LogP contribution in [0.5, 0.6) is 0 Å². The molecule has 0 bridgehead atoms. The Morgan fingerprint density at radius 2 is 1.83 bits per heavy atom. The molecule has 100 valence electrons. The maximum atomic E-state index is 11.3. The Balaban J connectivity index is 2.28. The summed E-state index contributed by atoms with van der Waals surface area (Å²) in [6, 6.07) is 8.62. The van der Waals surface area contributed by atoms with Crippen molar-refractivity contribution in [1.82, 2.24) is 4.72 Å². The van der Waals surface area contributed by atoms with Gasteiger partial charge in [-0.15, -0.1) is 0 Å². The third-order valence-corrected chi connectivity index (χ3v) is 3.97. The minimum Gasteiger partial charge on any atom is -0.390 e. The fraction of sp³-hybridized carbons (Fsp3) is 0.500. The average Bonchev–Trinajstić information content (AvgIpc) is 2.57. The zero-order valence-electron chi connectivity index (χ0n) is 10.0. The Labute approximate surface area is 107 Å². The Morgan fingerprint density at radius 3 is 2.39 bits per heavy atom. The molecule has 1 saturated carbocycles. The van der Waals surface area contributed by atoms with Crippen LogP contribution in [0, 0.1) is 0 Å². The van der Waals surface area contributed by atoms with Gasteiger partial charge in [-0.05, 0) is 12.0 Å². The van der Waals surface area contributed by atoms with Crippen LogP contribution in [0.4, 0.5) is 0 Å². The number of hydrogen-bond acceptors (Lipinski definition) is 4. The summed E-state index contributed by atoms with van der Waals surface area (Å²) in [5.41, 5.74) is 0.911. The van der Waals surface area contributed by atoms with E-state index < -0.39 is 28.3 Å². The van der Waals surface area contributed by atoms with Crippen molar-refractivity contribution in [2.45, 2.75) is 30.6 Å². The van der Waals surface area contributed by atoms with Crippen LogP contribution < -0.4 is 4.72 Å². The summed E-state index contributed by atoms with van der Waals surface area (Å²) in [5, 5.41) is 19.6. The van der Waals surface area contributed by atoms with Gasteiger partial charge in [0.25, 0.3) is 0 Å². The van der Waals surface area contributed by atoms with Gasteiger partial charge in [0.15, 0.2) is 0 Å². The summed E-state index contributed by atoms with van der Waals surface area (Å²) >= 11 is 0. The molecule has 1 aromatic rings. The van der Waals surface area contributed by atoms with Crippen molar-refractivity contribution in [3.63, 3.8) is 0 Å². The van der Waals surface area contributed by atoms with Gasteiger partial charge in [0.2, 0.25) is 10.0 Å². The molecule has 1 aliphatic carbocycles. The number of aliphatic hydroxyl groups excluding tert-OH is 2. The van der Waals surface area contributed by atoms with Crippen molar-refractivity contribution >= 4 is 10.0 Å². The highest BCUT2D eigenvalue weighted by atomic mass is 32.2. The molecule has 0 radical (unpaired) electrons. The lowest BCUT2D eigenvalue weighted by Gasteiger charge is -2.22. The molecule has 0 aromatic heterocycles. The van der Waals surface area contributed by atoms with Crippen molar-refractivity contribution in [3.05, 3.63) is 35.9 Å². The van der Waals surface area contributed by atoms with Crippen molar-refractivity contribution in [2.24, 2.45) is 0 Å². The first-order valence-electron chi connectivity index (χ1n) is 5.77. The van der Waals surface area contributed by atoms with Crippen LogP contribution in [0.2, 0.25) is 0 Å². The van der Waals surface area contributed by atoms with Gasteiger partial charge in [0, 0.05) is 5.92 Å². The predicted molar refractivity (Wildman–Crippen MR) is 67.6 cm³/mol. The van der Waals surface area contributed by atoms with E-state index in [-0.39, 0.29) is 5.92 Å². The van der Waals surface area contributed by atoms with Crippen molar-refractivity contribution in [2.75, 3.05) is 6.26 Å². The molecule has 0 saturated heterocycles. The van der Waals surface area contributed by atoms with E-state index in [4.69, 9.17) is 0 Å². The van der Waals surface area contributed by atoms with Crippen LogP contribution in [-0.2, 0) is 10.0 Å². The number of benzene rings is 1. The number of hydrogen-bond donors (Lipinski definition) is 3.